The van der Waals surface area contributed by atoms with Crippen molar-refractivity contribution in [2.24, 2.45) is 0 Å². The molecule has 5 rings (SSSR count). The standard InChI is InChI=1S/C25H28N4O/c1-19-16-27-23(20-8-7-14-26-17-20)29(19)22-11-15-28(18-22)24(30)25(12-5-6-13-25)21-9-3-2-4-10-21/h2-4,7-10,14,16-17,22H,5-6,11-13,15,18H2,1H3. The van der Waals surface area contributed by atoms with Crippen LogP contribution < -0.4 is 0 Å². The van der Waals surface area contributed by atoms with Crippen molar-refractivity contribution < 1.29 is 4.79 Å². The first-order valence-electron chi connectivity index (χ1n) is 11.0. The number of nitrogens with zero attached hydrogens (tertiary/aromatic N) is 4. The molecule has 5 heteroatoms. The first-order chi connectivity index (χ1) is 14.7. The Morgan fingerprint density at radius 2 is 1.87 bits per heavy atom. The Kier molecular flexibility index (Phi) is 4.89. The van der Waals surface area contributed by atoms with Crippen molar-refractivity contribution in [1.82, 2.24) is 19.4 Å². The topological polar surface area (TPSA) is 51.0 Å². The molecule has 1 aliphatic heterocycles. The van der Waals surface area contributed by atoms with Crippen LogP contribution in [-0.2, 0) is 10.2 Å². The molecule has 3 heterocycles. The van der Waals surface area contributed by atoms with Crippen molar-refractivity contribution in [1.29, 1.82) is 0 Å². The van der Waals surface area contributed by atoms with Gasteiger partial charge in [0, 0.05) is 42.9 Å². The lowest BCUT2D eigenvalue weighted by Crippen LogP contribution is -2.44. The fraction of sp³-hybridized carbons (Fsp3) is 0.400. The van der Waals surface area contributed by atoms with Gasteiger partial charge in [-0.05, 0) is 43.9 Å². The van der Waals surface area contributed by atoms with Crippen LogP contribution in [0.4, 0.5) is 0 Å². The van der Waals surface area contributed by atoms with Crippen molar-refractivity contribution in [3.63, 3.8) is 0 Å². The lowest BCUT2D eigenvalue weighted by Gasteiger charge is -2.33. The molecule has 0 N–H and O–H groups in total. The number of carbonyl (C=O) groups excluding carboxylic acids is 1. The van der Waals surface area contributed by atoms with Crippen LogP contribution in [0.1, 0.15) is 49.4 Å². The number of aryl methyl sites for hydroxylation is 1. The Morgan fingerprint density at radius 3 is 2.60 bits per heavy atom. The van der Waals surface area contributed by atoms with Gasteiger partial charge in [0.2, 0.25) is 5.91 Å². The molecule has 154 valence electrons. The number of carbonyl (C=O) groups is 1. The molecule has 30 heavy (non-hydrogen) atoms. The fourth-order valence-corrected chi connectivity index (χ4v) is 5.42. The molecule has 1 atom stereocenters. The average Bonchev–Trinajstić information content (AvgIpc) is 3.54. The van der Waals surface area contributed by atoms with Crippen molar-refractivity contribution in [3.05, 3.63) is 72.3 Å². The zero-order valence-electron chi connectivity index (χ0n) is 17.5. The van der Waals surface area contributed by atoms with Crippen LogP contribution in [0.5, 0.6) is 0 Å². The molecule has 3 aromatic rings. The van der Waals surface area contributed by atoms with E-state index in [2.05, 4.69) is 50.6 Å². The highest BCUT2D eigenvalue weighted by molar-refractivity contribution is 5.89. The van der Waals surface area contributed by atoms with Gasteiger partial charge in [0.15, 0.2) is 0 Å². The van der Waals surface area contributed by atoms with E-state index in [1.807, 2.05) is 30.6 Å². The molecule has 1 unspecified atom stereocenters. The van der Waals surface area contributed by atoms with Crippen molar-refractivity contribution in [2.75, 3.05) is 13.1 Å². The van der Waals surface area contributed by atoms with Gasteiger partial charge in [0.05, 0.1) is 11.5 Å². The predicted octanol–water partition coefficient (Wildman–Crippen LogP) is 4.54. The number of imidazole rings is 1. The van der Waals surface area contributed by atoms with Gasteiger partial charge in [-0.2, -0.15) is 0 Å². The van der Waals surface area contributed by atoms with Gasteiger partial charge in [-0.3, -0.25) is 9.78 Å². The maximum atomic E-state index is 13.8. The Labute approximate surface area is 177 Å². The Hall–Kier alpha value is -2.95. The quantitative estimate of drug-likeness (QED) is 0.646. The normalized spacial score (nSPS) is 20.6. The van der Waals surface area contributed by atoms with Crippen LogP contribution >= 0.6 is 0 Å². The first-order valence-corrected chi connectivity index (χ1v) is 11.0. The van der Waals surface area contributed by atoms with Gasteiger partial charge in [-0.1, -0.05) is 43.2 Å². The summed E-state index contributed by atoms with van der Waals surface area (Å²) in [4.78, 5) is 24.8. The number of likely N-dealkylation sites (tertiary alicyclic amines) is 1. The highest BCUT2D eigenvalue weighted by Gasteiger charge is 2.46. The zero-order valence-corrected chi connectivity index (χ0v) is 17.5. The van der Waals surface area contributed by atoms with Crippen LogP contribution in [0.2, 0.25) is 0 Å². The third kappa shape index (κ3) is 3.13. The van der Waals surface area contributed by atoms with Crippen LogP contribution in [0.25, 0.3) is 11.4 Å². The number of pyridine rings is 1. The maximum absolute atomic E-state index is 13.8. The molecule has 1 aromatic carbocycles. The van der Waals surface area contributed by atoms with Crippen molar-refractivity contribution in [3.8, 4) is 11.4 Å². The number of hydrogen-bond donors (Lipinski definition) is 0. The van der Waals surface area contributed by atoms with E-state index in [0.29, 0.717) is 5.91 Å². The molecule has 1 saturated carbocycles. The van der Waals surface area contributed by atoms with Gasteiger partial charge in [0.25, 0.3) is 0 Å². The summed E-state index contributed by atoms with van der Waals surface area (Å²) < 4.78 is 2.30. The molecule has 0 spiro atoms. The molecule has 0 bridgehead atoms. The van der Waals surface area contributed by atoms with E-state index in [-0.39, 0.29) is 11.5 Å². The highest BCUT2D eigenvalue weighted by atomic mass is 16.2. The van der Waals surface area contributed by atoms with Crippen molar-refractivity contribution >= 4 is 5.91 Å². The SMILES string of the molecule is Cc1cnc(-c2cccnc2)n1C1CCN(C(=O)C2(c3ccccc3)CCCC2)C1. The number of benzene rings is 1. The Bertz CT molecular complexity index is 1020. The number of aromatic nitrogens is 3. The third-order valence-electron chi connectivity index (χ3n) is 6.91. The summed E-state index contributed by atoms with van der Waals surface area (Å²) in [5, 5.41) is 0. The summed E-state index contributed by atoms with van der Waals surface area (Å²) in [7, 11) is 0. The minimum Gasteiger partial charge on any atom is -0.340 e. The lowest BCUT2D eigenvalue weighted by atomic mass is 9.77. The Morgan fingerprint density at radius 1 is 1.07 bits per heavy atom. The molecule has 1 aliphatic carbocycles. The molecule has 2 aromatic heterocycles. The predicted molar refractivity (Wildman–Crippen MR) is 117 cm³/mol. The molecule has 2 fully saturated rings. The second-order valence-corrected chi connectivity index (χ2v) is 8.68. The van der Waals surface area contributed by atoms with E-state index in [9.17, 15) is 4.79 Å². The molecule has 1 amide bonds. The highest BCUT2D eigenvalue weighted by Crippen LogP contribution is 2.44. The molecule has 0 radical (unpaired) electrons. The van der Waals surface area contributed by atoms with E-state index in [0.717, 1.165) is 62.3 Å². The number of amides is 1. The van der Waals surface area contributed by atoms with Gasteiger partial charge in [-0.15, -0.1) is 0 Å². The van der Waals surface area contributed by atoms with Gasteiger partial charge >= 0.3 is 0 Å². The maximum Gasteiger partial charge on any atom is 0.233 e. The zero-order chi connectivity index (χ0) is 20.6. The summed E-state index contributed by atoms with van der Waals surface area (Å²) in [6.45, 7) is 3.65. The summed E-state index contributed by atoms with van der Waals surface area (Å²) >= 11 is 0. The van der Waals surface area contributed by atoms with E-state index >= 15 is 0 Å². The summed E-state index contributed by atoms with van der Waals surface area (Å²) in [6.07, 6.45) is 10.7. The molecular formula is C25H28N4O. The van der Waals surface area contributed by atoms with Crippen LogP contribution in [-0.4, -0.2) is 38.4 Å². The second-order valence-electron chi connectivity index (χ2n) is 8.68. The lowest BCUT2D eigenvalue weighted by molar-refractivity contribution is -0.136. The Balaban J connectivity index is 1.42. The van der Waals surface area contributed by atoms with Crippen LogP contribution in [0.3, 0.4) is 0 Å². The average molecular weight is 401 g/mol. The van der Waals surface area contributed by atoms with Crippen LogP contribution in [0, 0.1) is 6.92 Å². The van der Waals surface area contributed by atoms with E-state index < -0.39 is 0 Å². The molecule has 5 nitrogen and oxygen atoms in total. The van der Waals surface area contributed by atoms with Gasteiger partial charge < -0.3 is 9.47 Å². The van der Waals surface area contributed by atoms with E-state index in [1.165, 1.54) is 5.56 Å². The second kappa shape index (κ2) is 7.71. The molecular weight excluding hydrogens is 372 g/mol. The minimum absolute atomic E-state index is 0.251. The first kappa shape index (κ1) is 19.0. The van der Waals surface area contributed by atoms with E-state index in [1.54, 1.807) is 6.20 Å². The summed E-state index contributed by atoms with van der Waals surface area (Å²) in [5.74, 6) is 1.26. The van der Waals surface area contributed by atoms with E-state index in [4.69, 9.17) is 0 Å². The van der Waals surface area contributed by atoms with Gasteiger partial charge in [0.1, 0.15) is 5.82 Å². The third-order valence-corrected chi connectivity index (χ3v) is 6.91. The monoisotopic (exact) mass is 400 g/mol. The van der Waals surface area contributed by atoms with Crippen LogP contribution in [0.15, 0.2) is 61.1 Å². The summed E-state index contributed by atoms with van der Waals surface area (Å²) in [6, 6.07) is 14.7. The fourth-order valence-electron chi connectivity index (χ4n) is 5.42. The number of rotatable bonds is 4. The minimum atomic E-state index is -0.341. The van der Waals surface area contributed by atoms with Gasteiger partial charge in [-0.25, -0.2) is 4.98 Å². The summed E-state index contributed by atoms with van der Waals surface area (Å²) in [5.41, 5.74) is 3.00. The largest absolute Gasteiger partial charge is 0.340 e. The number of hydrogen-bond acceptors (Lipinski definition) is 3. The molecule has 2 aliphatic rings. The van der Waals surface area contributed by atoms with Crippen molar-refractivity contribution in [2.45, 2.75) is 50.5 Å². The smallest absolute Gasteiger partial charge is 0.233 e. The molecule has 1 saturated heterocycles.